The zero-order valence-corrected chi connectivity index (χ0v) is 17.4. The van der Waals surface area contributed by atoms with E-state index in [1.807, 2.05) is 55.1 Å². The van der Waals surface area contributed by atoms with Crippen molar-refractivity contribution in [1.82, 2.24) is 4.90 Å². The molecule has 0 bridgehead atoms. The van der Waals surface area contributed by atoms with Crippen LogP contribution in [-0.2, 0) is 4.79 Å². The molecule has 3 rings (SSSR count). The Hall–Kier alpha value is -3.02. The Morgan fingerprint density at radius 2 is 1.90 bits per heavy atom. The number of benzene rings is 2. The molecule has 0 radical (unpaired) electrons. The number of hydrogen-bond donors (Lipinski definition) is 2. The van der Waals surface area contributed by atoms with E-state index in [2.05, 4.69) is 34.7 Å². The number of likely N-dealkylation sites (N-methyl/N-ethyl adjacent to an activating group) is 1. The van der Waals surface area contributed by atoms with Crippen LogP contribution < -0.4 is 15.5 Å². The van der Waals surface area contributed by atoms with Crippen LogP contribution in [0.15, 0.2) is 48.5 Å². The van der Waals surface area contributed by atoms with Crippen LogP contribution in [0.25, 0.3) is 0 Å². The van der Waals surface area contributed by atoms with Gasteiger partial charge < -0.3 is 20.4 Å². The topological polar surface area (TPSA) is 64.7 Å². The molecule has 1 aliphatic rings. The van der Waals surface area contributed by atoms with Gasteiger partial charge in [-0.25, -0.2) is 4.79 Å². The first-order valence-electron chi connectivity index (χ1n) is 10.2. The molecule has 0 aromatic heterocycles. The molecule has 0 aliphatic carbocycles. The second kappa shape index (κ2) is 9.45. The molecule has 29 heavy (non-hydrogen) atoms. The van der Waals surface area contributed by atoms with Crippen molar-refractivity contribution in [2.75, 3.05) is 35.7 Å². The van der Waals surface area contributed by atoms with Gasteiger partial charge in [0, 0.05) is 43.6 Å². The summed E-state index contributed by atoms with van der Waals surface area (Å²) in [6.07, 6.45) is 2.42. The Bertz CT molecular complexity index is 853. The zero-order chi connectivity index (χ0) is 20.8. The highest BCUT2D eigenvalue weighted by molar-refractivity contribution is 5.94. The Labute approximate surface area is 172 Å². The molecule has 2 aromatic rings. The van der Waals surface area contributed by atoms with Crippen molar-refractivity contribution in [3.8, 4) is 0 Å². The minimum atomic E-state index is -0.0870. The molecule has 0 saturated carbocycles. The molecule has 2 aromatic carbocycles. The standard InChI is InChI=1S/C23H30N4O2/c1-4-22(28)24-18-13-12-17(2)21(15-18)25-23(29)27-14-8-11-20(27)16-26(3)19-9-6-5-7-10-19/h5-7,9-10,12-13,15,20H,4,8,11,14,16H2,1-3H3,(H,24,28)(H,25,29)/t20-/m1/s1. The van der Waals surface area contributed by atoms with Crippen LogP contribution >= 0.6 is 0 Å². The number of aryl methyl sites for hydroxylation is 1. The third-order valence-electron chi connectivity index (χ3n) is 5.40. The Balaban J connectivity index is 1.66. The lowest BCUT2D eigenvalue weighted by atomic mass is 10.1. The van der Waals surface area contributed by atoms with Gasteiger partial charge in [0.2, 0.25) is 5.91 Å². The number of anilines is 3. The Morgan fingerprint density at radius 3 is 2.62 bits per heavy atom. The molecule has 3 amide bonds. The number of likely N-dealkylation sites (tertiary alicyclic amines) is 1. The summed E-state index contributed by atoms with van der Waals surface area (Å²) < 4.78 is 0. The van der Waals surface area contributed by atoms with Crippen LogP contribution in [0.5, 0.6) is 0 Å². The second-order valence-electron chi connectivity index (χ2n) is 7.57. The molecular weight excluding hydrogens is 364 g/mol. The van der Waals surface area contributed by atoms with Gasteiger partial charge in [-0.1, -0.05) is 31.2 Å². The van der Waals surface area contributed by atoms with E-state index in [4.69, 9.17) is 0 Å². The molecule has 1 aliphatic heterocycles. The van der Waals surface area contributed by atoms with Crippen molar-refractivity contribution in [3.05, 3.63) is 54.1 Å². The lowest BCUT2D eigenvalue weighted by molar-refractivity contribution is -0.115. The fourth-order valence-electron chi connectivity index (χ4n) is 3.67. The summed E-state index contributed by atoms with van der Waals surface area (Å²) >= 11 is 0. The average molecular weight is 395 g/mol. The summed E-state index contributed by atoms with van der Waals surface area (Å²) in [4.78, 5) is 28.8. The molecule has 1 heterocycles. The fraction of sp³-hybridized carbons (Fsp3) is 0.391. The van der Waals surface area contributed by atoms with Crippen LogP contribution in [0, 0.1) is 6.92 Å². The highest BCUT2D eigenvalue weighted by atomic mass is 16.2. The van der Waals surface area contributed by atoms with E-state index >= 15 is 0 Å². The van der Waals surface area contributed by atoms with Crippen LogP contribution in [0.3, 0.4) is 0 Å². The van der Waals surface area contributed by atoms with Crippen molar-refractivity contribution < 1.29 is 9.59 Å². The van der Waals surface area contributed by atoms with Crippen LogP contribution in [0.1, 0.15) is 31.7 Å². The molecule has 6 nitrogen and oxygen atoms in total. The molecule has 1 atom stereocenters. The van der Waals surface area contributed by atoms with Crippen molar-refractivity contribution >= 4 is 29.0 Å². The number of carbonyl (C=O) groups is 2. The van der Waals surface area contributed by atoms with Gasteiger partial charge in [0.25, 0.3) is 0 Å². The Morgan fingerprint density at radius 1 is 1.14 bits per heavy atom. The van der Waals surface area contributed by atoms with E-state index in [1.165, 1.54) is 0 Å². The number of urea groups is 1. The molecular formula is C23H30N4O2. The van der Waals surface area contributed by atoms with Crippen LogP contribution in [0.4, 0.5) is 21.9 Å². The van der Waals surface area contributed by atoms with E-state index in [-0.39, 0.29) is 18.0 Å². The van der Waals surface area contributed by atoms with Gasteiger partial charge in [-0.05, 0) is 49.6 Å². The van der Waals surface area contributed by atoms with Gasteiger partial charge in [-0.15, -0.1) is 0 Å². The number of amides is 3. The number of nitrogens with one attached hydrogen (secondary N) is 2. The molecule has 0 unspecified atom stereocenters. The van der Waals surface area contributed by atoms with Gasteiger partial charge in [-0.3, -0.25) is 4.79 Å². The maximum Gasteiger partial charge on any atom is 0.322 e. The van der Waals surface area contributed by atoms with Crippen molar-refractivity contribution in [2.24, 2.45) is 0 Å². The molecule has 1 saturated heterocycles. The summed E-state index contributed by atoms with van der Waals surface area (Å²) in [5, 5.41) is 5.89. The average Bonchev–Trinajstić information content (AvgIpc) is 3.19. The number of carbonyl (C=O) groups excluding carboxylic acids is 2. The van der Waals surface area contributed by atoms with E-state index in [0.717, 1.165) is 42.9 Å². The zero-order valence-electron chi connectivity index (χ0n) is 17.4. The monoisotopic (exact) mass is 394 g/mol. The first-order valence-corrected chi connectivity index (χ1v) is 10.2. The first kappa shape index (κ1) is 20.7. The molecule has 2 N–H and O–H groups in total. The summed E-state index contributed by atoms with van der Waals surface area (Å²) in [5.74, 6) is -0.0466. The largest absolute Gasteiger partial charge is 0.373 e. The van der Waals surface area contributed by atoms with Gasteiger partial charge in [0.1, 0.15) is 0 Å². The fourth-order valence-corrected chi connectivity index (χ4v) is 3.67. The molecule has 0 spiro atoms. The molecule has 154 valence electrons. The predicted molar refractivity (Wildman–Crippen MR) is 119 cm³/mol. The van der Waals surface area contributed by atoms with E-state index in [9.17, 15) is 9.59 Å². The third-order valence-corrected chi connectivity index (χ3v) is 5.40. The summed E-state index contributed by atoms with van der Waals surface area (Å²) in [6.45, 7) is 5.31. The normalized spacial score (nSPS) is 15.8. The first-order chi connectivity index (χ1) is 14.0. The van der Waals surface area contributed by atoms with E-state index < -0.39 is 0 Å². The van der Waals surface area contributed by atoms with Gasteiger partial charge in [-0.2, -0.15) is 0 Å². The minimum absolute atomic E-state index is 0.0466. The smallest absolute Gasteiger partial charge is 0.322 e. The number of nitrogens with zero attached hydrogens (tertiary/aromatic N) is 2. The third kappa shape index (κ3) is 5.28. The highest BCUT2D eigenvalue weighted by Gasteiger charge is 2.30. The van der Waals surface area contributed by atoms with Crippen molar-refractivity contribution in [1.29, 1.82) is 0 Å². The number of hydrogen-bond acceptors (Lipinski definition) is 3. The lowest BCUT2D eigenvalue weighted by Gasteiger charge is -2.30. The predicted octanol–water partition coefficient (Wildman–Crippen LogP) is 4.48. The van der Waals surface area contributed by atoms with Crippen LogP contribution in [0.2, 0.25) is 0 Å². The van der Waals surface area contributed by atoms with Crippen molar-refractivity contribution in [3.63, 3.8) is 0 Å². The molecule has 6 heteroatoms. The second-order valence-corrected chi connectivity index (χ2v) is 7.57. The number of rotatable bonds is 6. The van der Waals surface area contributed by atoms with Crippen LogP contribution in [-0.4, -0.2) is 43.0 Å². The van der Waals surface area contributed by atoms with Gasteiger partial charge in [0.15, 0.2) is 0 Å². The Kier molecular flexibility index (Phi) is 6.75. The highest BCUT2D eigenvalue weighted by Crippen LogP contribution is 2.24. The number of para-hydroxylation sites is 1. The summed E-state index contributed by atoms with van der Waals surface area (Å²) in [6, 6.07) is 15.9. The van der Waals surface area contributed by atoms with E-state index in [1.54, 1.807) is 0 Å². The van der Waals surface area contributed by atoms with Crippen molar-refractivity contribution in [2.45, 2.75) is 39.2 Å². The quantitative estimate of drug-likeness (QED) is 0.759. The maximum absolute atomic E-state index is 13.0. The molecule has 1 fully saturated rings. The van der Waals surface area contributed by atoms with Gasteiger partial charge >= 0.3 is 6.03 Å². The lowest BCUT2D eigenvalue weighted by Crippen LogP contribution is -2.44. The van der Waals surface area contributed by atoms with E-state index in [0.29, 0.717) is 12.1 Å². The minimum Gasteiger partial charge on any atom is -0.373 e. The maximum atomic E-state index is 13.0. The van der Waals surface area contributed by atoms with Gasteiger partial charge in [0.05, 0.1) is 6.04 Å². The SMILES string of the molecule is CCC(=O)Nc1ccc(C)c(NC(=O)N2CCC[C@@H]2CN(C)c2ccccc2)c1. The summed E-state index contributed by atoms with van der Waals surface area (Å²) in [5.41, 5.74) is 3.53. The summed E-state index contributed by atoms with van der Waals surface area (Å²) in [7, 11) is 2.06.